The van der Waals surface area contributed by atoms with Gasteiger partial charge in [0.05, 0.1) is 21.8 Å². The fourth-order valence-corrected chi connectivity index (χ4v) is 7.57. The average Bonchev–Trinajstić information content (AvgIpc) is 3.41. The molecule has 1 aliphatic heterocycles. The van der Waals surface area contributed by atoms with Crippen LogP contribution in [0.15, 0.2) is 55.3 Å². The normalized spacial score (nSPS) is 18.9. The van der Waals surface area contributed by atoms with Gasteiger partial charge in [-0.3, -0.25) is 9.69 Å². The highest BCUT2D eigenvalue weighted by molar-refractivity contribution is 8.01. The zero-order valence-corrected chi connectivity index (χ0v) is 20.2. The van der Waals surface area contributed by atoms with Crippen LogP contribution >= 0.6 is 46.2 Å². The lowest BCUT2D eigenvalue weighted by Crippen LogP contribution is -2.38. The maximum absolute atomic E-state index is 13.2. The van der Waals surface area contributed by atoms with E-state index in [4.69, 9.17) is 5.73 Å². The molecule has 0 aromatic carbocycles. The Bertz CT molecular complexity index is 1120. The van der Waals surface area contributed by atoms with Crippen LogP contribution in [0.25, 0.3) is 0 Å². The Hall–Kier alpha value is -2.06. The number of rotatable bonds is 7. The molecule has 3 heterocycles. The van der Waals surface area contributed by atoms with E-state index in [-0.39, 0.29) is 5.78 Å². The smallest absolute Gasteiger partial charge is 0.219 e. The van der Waals surface area contributed by atoms with Crippen LogP contribution in [-0.4, -0.2) is 27.5 Å². The van der Waals surface area contributed by atoms with E-state index in [1.54, 1.807) is 39.8 Å². The van der Waals surface area contributed by atoms with Gasteiger partial charge in [0.25, 0.3) is 0 Å². The molecule has 2 aromatic rings. The molecule has 0 spiro atoms. The lowest BCUT2D eigenvalue weighted by molar-refractivity contribution is -0.116. The molecule has 1 atom stereocenters. The molecule has 160 valence electrons. The van der Waals surface area contributed by atoms with Gasteiger partial charge >= 0.3 is 0 Å². The van der Waals surface area contributed by atoms with Crippen LogP contribution in [0.4, 0.5) is 5.13 Å². The number of thiophene rings is 1. The van der Waals surface area contributed by atoms with Crippen molar-refractivity contribution >= 4 is 57.1 Å². The van der Waals surface area contributed by atoms with E-state index in [0.29, 0.717) is 34.9 Å². The third-order valence-electron chi connectivity index (χ3n) is 5.07. The minimum Gasteiger partial charge on any atom is -0.384 e. The maximum atomic E-state index is 13.2. The van der Waals surface area contributed by atoms with Gasteiger partial charge in [-0.15, -0.1) is 39.9 Å². The van der Waals surface area contributed by atoms with Crippen molar-refractivity contribution in [3.8, 4) is 6.07 Å². The van der Waals surface area contributed by atoms with Crippen LogP contribution in [0.2, 0.25) is 0 Å². The van der Waals surface area contributed by atoms with Crippen molar-refractivity contribution in [2.45, 2.75) is 40.7 Å². The molecule has 0 amide bonds. The molecule has 2 aromatic heterocycles. The standard InChI is InChI=1S/C21H21N5OS4/c1-3-9-30-21-25-24-20(31-21)26-14-6-5-7-15(27)17(14)16(13(11-22)18(26)23)12-8-10-29-19(12)28-4-2/h3,8,10,16H,1,4-7,9,23H2,2H3. The molecule has 6 nitrogen and oxygen atoms in total. The zero-order valence-electron chi connectivity index (χ0n) is 17.0. The summed E-state index contributed by atoms with van der Waals surface area (Å²) in [5, 5.41) is 21.3. The van der Waals surface area contributed by atoms with Crippen molar-refractivity contribution < 1.29 is 4.79 Å². The predicted molar refractivity (Wildman–Crippen MR) is 129 cm³/mol. The highest BCUT2D eigenvalue weighted by Crippen LogP contribution is 2.49. The van der Waals surface area contributed by atoms with Gasteiger partial charge < -0.3 is 5.73 Å². The summed E-state index contributed by atoms with van der Waals surface area (Å²) in [6.07, 6.45) is 3.77. The number of nitrogens with zero attached hydrogens (tertiary/aromatic N) is 4. The van der Waals surface area contributed by atoms with Crippen LogP contribution in [-0.2, 0) is 4.79 Å². The van der Waals surface area contributed by atoms with Gasteiger partial charge in [-0.1, -0.05) is 36.1 Å². The molecule has 10 heteroatoms. The first-order chi connectivity index (χ1) is 15.1. The summed E-state index contributed by atoms with van der Waals surface area (Å²) in [5.41, 5.74) is 9.54. The third kappa shape index (κ3) is 4.07. The topological polar surface area (TPSA) is 95.9 Å². The number of allylic oxidation sites excluding steroid dienone is 3. The van der Waals surface area contributed by atoms with Crippen molar-refractivity contribution in [3.05, 3.63) is 52.3 Å². The Morgan fingerprint density at radius 1 is 1.42 bits per heavy atom. The van der Waals surface area contributed by atoms with E-state index in [9.17, 15) is 10.1 Å². The molecule has 0 bridgehead atoms. The van der Waals surface area contributed by atoms with Gasteiger partial charge in [0.15, 0.2) is 10.1 Å². The van der Waals surface area contributed by atoms with Crippen LogP contribution in [0.1, 0.15) is 37.7 Å². The molecule has 2 aliphatic rings. The molecule has 4 rings (SSSR count). The lowest BCUT2D eigenvalue weighted by atomic mass is 9.76. The molecule has 2 N–H and O–H groups in total. The molecular weight excluding hydrogens is 467 g/mol. The number of anilines is 1. The summed E-state index contributed by atoms with van der Waals surface area (Å²) in [5.74, 6) is 1.65. The maximum Gasteiger partial charge on any atom is 0.219 e. The van der Waals surface area contributed by atoms with E-state index < -0.39 is 5.92 Å². The summed E-state index contributed by atoms with van der Waals surface area (Å²) >= 11 is 6.33. The molecular formula is C21H21N5OS4. The number of hydrogen-bond acceptors (Lipinski definition) is 10. The Morgan fingerprint density at radius 2 is 2.26 bits per heavy atom. The summed E-state index contributed by atoms with van der Waals surface area (Å²) in [7, 11) is 0. The first-order valence-corrected chi connectivity index (χ1v) is 13.5. The van der Waals surface area contributed by atoms with E-state index in [1.807, 2.05) is 17.5 Å². The number of hydrogen-bond donors (Lipinski definition) is 1. The summed E-state index contributed by atoms with van der Waals surface area (Å²) < 4.78 is 1.93. The largest absolute Gasteiger partial charge is 0.384 e. The average molecular weight is 488 g/mol. The van der Waals surface area contributed by atoms with Crippen molar-refractivity contribution in [2.75, 3.05) is 16.4 Å². The summed E-state index contributed by atoms with van der Waals surface area (Å²) in [6.45, 7) is 5.83. The second-order valence-corrected chi connectivity index (χ2v) is 11.5. The summed E-state index contributed by atoms with van der Waals surface area (Å²) in [4.78, 5) is 15.0. The molecule has 31 heavy (non-hydrogen) atoms. The van der Waals surface area contributed by atoms with E-state index in [2.05, 4.69) is 29.8 Å². The number of aromatic nitrogens is 2. The van der Waals surface area contributed by atoms with Gasteiger partial charge in [-0.2, -0.15) is 5.26 Å². The van der Waals surface area contributed by atoms with Crippen molar-refractivity contribution in [1.29, 1.82) is 5.26 Å². The first-order valence-electron chi connectivity index (χ1n) is 9.84. The van der Waals surface area contributed by atoms with Crippen LogP contribution in [0, 0.1) is 11.3 Å². The van der Waals surface area contributed by atoms with E-state index in [1.165, 1.54) is 11.3 Å². The second-order valence-electron chi connectivity index (χ2n) is 6.86. The SMILES string of the molecule is C=CCSc1nnc(N2C(N)=C(C#N)C(c3ccsc3SCC)C3=C2CCCC3=O)s1. The van der Waals surface area contributed by atoms with Gasteiger partial charge in [0, 0.05) is 23.4 Å². The van der Waals surface area contributed by atoms with E-state index >= 15 is 0 Å². The van der Waals surface area contributed by atoms with Gasteiger partial charge in [0.2, 0.25) is 5.13 Å². The minimum atomic E-state index is -0.424. The van der Waals surface area contributed by atoms with Crippen LogP contribution < -0.4 is 10.6 Å². The summed E-state index contributed by atoms with van der Waals surface area (Å²) in [6, 6.07) is 4.34. The highest BCUT2D eigenvalue weighted by Gasteiger charge is 2.42. The number of carbonyl (C=O) groups excluding carboxylic acids is 1. The van der Waals surface area contributed by atoms with Gasteiger partial charge in [-0.05, 0) is 35.6 Å². The lowest BCUT2D eigenvalue weighted by Gasteiger charge is -2.38. The number of nitrogens with two attached hydrogens (primary N) is 1. The second kappa shape index (κ2) is 9.61. The fourth-order valence-electron chi connectivity index (χ4n) is 3.87. The number of thioether (sulfide) groups is 2. The monoisotopic (exact) mass is 487 g/mol. The minimum absolute atomic E-state index is 0.0842. The Labute approximate surface area is 197 Å². The number of nitriles is 1. The Balaban J connectivity index is 1.87. The molecule has 0 radical (unpaired) electrons. The Morgan fingerprint density at radius 3 is 3.00 bits per heavy atom. The molecule has 0 saturated carbocycles. The first kappa shape index (κ1) is 22.1. The highest BCUT2D eigenvalue weighted by atomic mass is 32.2. The quantitative estimate of drug-likeness (QED) is 0.415. The van der Waals surface area contributed by atoms with Crippen LogP contribution in [0.3, 0.4) is 0 Å². The zero-order chi connectivity index (χ0) is 22.0. The van der Waals surface area contributed by atoms with Gasteiger partial charge in [0.1, 0.15) is 5.82 Å². The number of ketones is 1. The van der Waals surface area contributed by atoms with Gasteiger partial charge in [-0.25, -0.2) is 0 Å². The molecule has 0 saturated heterocycles. The van der Waals surface area contributed by atoms with Crippen molar-refractivity contribution in [1.82, 2.24) is 10.2 Å². The number of Topliss-reactive ketones (excluding diaryl/α,β-unsaturated/α-hetero) is 1. The molecule has 1 aliphatic carbocycles. The van der Waals surface area contributed by atoms with Crippen molar-refractivity contribution in [3.63, 3.8) is 0 Å². The van der Waals surface area contributed by atoms with Crippen LogP contribution in [0.5, 0.6) is 0 Å². The van der Waals surface area contributed by atoms with E-state index in [0.717, 1.165) is 37.7 Å². The predicted octanol–water partition coefficient (Wildman–Crippen LogP) is 5.29. The third-order valence-corrected chi connectivity index (χ3v) is 9.26. The Kier molecular flexibility index (Phi) is 6.86. The molecule has 1 unspecified atom stereocenters. The number of carbonyl (C=O) groups is 1. The molecule has 0 fully saturated rings. The van der Waals surface area contributed by atoms with Crippen molar-refractivity contribution in [2.24, 2.45) is 5.73 Å². The fraction of sp³-hybridized carbons (Fsp3) is 0.333.